The van der Waals surface area contributed by atoms with E-state index >= 15 is 0 Å². The number of hydrogen-bond acceptors (Lipinski definition) is 2. The normalized spacial score (nSPS) is 38.8. The summed E-state index contributed by atoms with van der Waals surface area (Å²) in [5.41, 5.74) is 1.76. The Hall–Kier alpha value is -0.870. The molecule has 0 amide bonds. The van der Waals surface area contributed by atoms with Gasteiger partial charge >= 0.3 is 0 Å². The lowest BCUT2D eigenvalue weighted by molar-refractivity contribution is -0.00521. The minimum atomic E-state index is -3.28. The van der Waals surface area contributed by atoms with E-state index in [2.05, 4.69) is 12.1 Å². The lowest BCUT2D eigenvalue weighted by atomic mass is 9.48. The molecule has 4 bridgehead atoms. The Morgan fingerprint density at radius 2 is 1.33 bits per heavy atom. The summed E-state index contributed by atoms with van der Waals surface area (Å²) in [5, 5.41) is 0. The summed E-state index contributed by atoms with van der Waals surface area (Å²) in [5.74, 6) is 2.76. The Morgan fingerprint density at radius 3 is 1.83 bits per heavy atom. The molecule has 0 unspecified atom stereocenters. The van der Waals surface area contributed by atoms with Crippen molar-refractivity contribution in [3.05, 3.63) is 29.8 Å². The lowest BCUT2D eigenvalue weighted by Gasteiger charge is -2.57. The molecule has 24 heavy (non-hydrogen) atoms. The van der Waals surface area contributed by atoms with Gasteiger partial charge in [0.15, 0.2) is 0 Å². The van der Waals surface area contributed by atoms with E-state index in [0.29, 0.717) is 23.4 Å². The average molecular weight is 346 g/mol. The lowest BCUT2D eigenvalue weighted by Crippen LogP contribution is -2.48. The van der Waals surface area contributed by atoms with Crippen LogP contribution >= 0.6 is 0 Å². The van der Waals surface area contributed by atoms with E-state index in [-0.39, 0.29) is 0 Å². The molecule has 1 aromatic rings. The van der Waals surface area contributed by atoms with E-state index in [1.807, 2.05) is 12.1 Å². The van der Waals surface area contributed by atoms with Crippen LogP contribution in [-0.2, 0) is 15.4 Å². The van der Waals surface area contributed by atoms with Crippen molar-refractivity contribution in [2.24, 2.45) is 17.8 Å². The molecule has 0 atom stereocenters. The van der Waals surface area contributed by atoms with Gasteiger partial charge in [0.2, 0.25) is 10.0 Å². The highest BCUT2D eigenvalue weighted by molar-refractivity contribution is 7.89. The van der Waals surface area contributed by atoms with Crippen LogP contribution in [0.1, 0.15) is 56.9 Å². The van der Waals surface area contributed by atoms with Crippen molar-refractivity contribution in [1.29, 1.82) is 0 Å². The van der Waals surface area contributed by atoms with Gasteiger partial charge in [-0.2, -0.15) is 4.31 Å². The molecule has 1 saturated heterocycles. The number of benzene rings is 1. The Kier molecular flexibility index (Phi) is 3.41. The molecule has 3 nitrogen and oxygen atoms in total. The zero-order valence-corrected chi connectivity index (χ0v) is 15.1. The van der Waals surface area contributed by atoms with Crippen molar-refractivity contribution in [1.82, 2.24) is 4.31 Å². The van der Waals surface area contributed by atoms with Crippen LogP contribution in [0, 0.1) is 17.8 Å². The summed E-state index contributed by atoms with van der Waals surface area (Å²) in [6.45, 7) is 1.36. The van der Waals surface area contributed by atoms with Crippen molar-refractivity contribution < 1.29 is 8.42 Å². The summed E-state index contributed by atoms with van der Waals surface area (Å²) >= 11 is 0. The third kappa shape index (κ3) is 2.29. The van der Waals surface area contributed by atoms with Crippen LogP contribution in [0.15, 0.2) is 29.2 Å². The topological polar surface area (TPSA) is 37.4 Å². The van der Waals surface area contributed by atoms with Crippen molar-refractivity contribution in [2.75, 3.05) is 13.1 Å². The number of nitrogens with zero attached hydrogens (tertiary/aromatic N) is 1. The molecular formula is C20H27NO2S. The molecule has 4 aliphatic carbocycles. The molecule has 5 fully saturated rings. The standard InChI is InChI=1S/C20H27NO2S/c22-24(23,21-7-1-2-8-21)19-5-3-18(4-6-19)20-12-15-9-16(13-20)11-17(10-15)14-20/h3-6,15-17H,1-2,7-14H2. The van der Waals surface area contributed by atoms with E-state index in [4.69, 9.17) is 0 Å². The maximum atomic E-state index is 12.7. The monoisotopic (exact) mass is 345 g/mol. The Labute approximate surface area is 145 Å². The summed E-state index contributed by atoms with van der Waals surface area (Å²) in [7, 11) is -3.28. The van der Waals surface area contributed by atoms with E-state index in [1.54, 1.807) is 4.31 Å². The zero-order valence-electron chi connectivity index (χ0n) is 14.3. The van der Waals surface area contributed by atoms with E-state index in [1.165, 1.54) is 44.1 Å². The maximum Gasteiger partial charge on any atom is 0.243 e. The van der Waals surface area contributed by atoms with Crippen molar-refractivity contribution in [3.63, 3.8) is 0 Å². The quantitative estimate of drug-likeness (QED) is 0.832. The smallest absolute Gasteiger partial charge is 0.207 e. The second-order valence-electron chi connectivity index (χ2n) is 8.83. The fraction of sp³-hybridized carbons (Fsp3) is 0.700. The van der Waals surface area contributed by atoms with Gasteiger partial charge < -0.3 is 0 Å². The van der Waals surface area contributed by atoms with Crippen LogP contribution in [0.3, 0.4) is 0 Å². The van der Waals surface area contributed by atoms with Crippen LogP contribution in [0.25, 0.3) is 0 Å². The van der Waals surface area contributed by atoms with Crippen LogP contribution < -0.4 is 0 Å². The predicted molar refractivity (Wildman–Crippen MR) is 94.3 cm³/mol. The molecule has 0 aromatic heterocycles. The number of rotatable bonds is 3. The number of sulfonamides is 1. The fourth-order valence-electron chi connectivity index (χ4n) is 6.52. The SMILES string of the molecule is O=S(=O)(c1ccc(C23CC4CC(CC(C4)C2)C3)cc1)N1CCCC1. The molecule has 0 radical (unpaired) electrons. The van der Waals surface area contributed by atoms with Gasteiger partial charge in [-0.15, -0.1) is 0 Å². The van der Waals surface area contributed by atoms with E-state index < -0.39 is 10.0 Å². The highest BCUT2D eigenvalue weighted by Crippen LogP contribution is 2.60. The van der Waals surface area contributed by atoms with Gasteiger partial charge in [-0.05, 0) is 92.2 Å². The molecule has 1 aliphatic heterocycles. The van der Waals surface area contributed by atoms with Crippen molar-refractivity contribution >= 4 is 10.0 Å². The number of hydrogen-bond donors (Lipinski definition) is 0. The first-order valence-corrected chi connectivity index (χ1v) is 11.1. The summed E-state index contributed by atoms with van der Waals surface area (Å²) < 4.78 is 27.1. The van der Waals surface area contributed by atoms with Gasteiger partial charge in [-0.1, -0.05) is 12.1 Å². The van der Waals surface area contributed by atoms with E-state index in [0.717, 1.165) is 30.6 Å². The minimum Gasteiger partial charge on any atom is -0.207 e. The first-order chi connectivity index (χ1) is 11.6. The summed E-state index contributed by atoms with van der Waals surface area (Å²) in [4.78, 5) is 0.484. The first-order valence-electron chi connectivity index (χ1n) is 9.66. The highest BCUT2D eigenvalue weighted by Gasteiger charge is 2.51. The largest absolute Gasteiger partial charge is 0.243 e. The average Bonchev–Trinajstić information content (AvgIpc) is 3.09. The van der Waals surface area contributed by atoms with Crippen LogP contribution in [0.2, 0.25) is 0 Å². The van der Waals surface area contributed by atoms with Gasteiger partial charge in [0, 0.05) is 13.1 Å². The van der Waals surface area contributed by atoms with Crippen LogP contribution in [0.5, 0.6) is 0 Å². The van der Waals surface area contributed by atoms with Crippen molar-refractivity contribution in [3.8, 4) is 0 Å². The summed E-state index contributed by atoms with van der Waals surface area (Å²) in [6, 6.07) is 8.02. The van der Waals surface area contributed by atoms with Gasteiger partial charge in [-0.3, -0.25) is 0 Å². The zero-order chi connectivity index (χ0) is 16.4. The van der Waals surface area contributed by atoms with Crippen molar-refractivity contribution in [2.45, 2.75) is 61.7 Å². The molecule has 4 saturated carbocycles. The molecule has 130 valence electrons. The molecule has 5 aliphatic rings. The Morgan fingerprint density at radius 1 is 0.833 bits per heavy atom. The molecular weight excluding hydrogens is 318 g/mol. The highest BCUT2D eigenvalue weighted by atomic mass is 32.2. The summed E-state index contributed by atoms with van der Waals surface area (Å²) in [6.07, 6.45) is 10.3. The molecule has 1 heterocycles. The molecule has 0 N–H and O–H groups in total. The second-order valence-corrected chi connectivity index (χ2v) is 10.8. The second kappa shape index (κ2) is 5.31. The maximum absolute atomic E-state index is 12.7. The van der Waals surface area contributed by atoms with Gasteiger partial charge in [0.05, 0.1) is 4.90 Å². The van der Waals surface area contributed by atoms with Crippen LogP contribution in [-0.4, -0.2) is 25.8 Å². The molecule has 4 heteroatoms. The first kappa shape index (κ1) is 15.4. The fourth-order valence-corrected chi connectivity index (χ4v) is 8.04. The third-order valence-corrected chi connectivity index (χ3v) is 9.12. The molecule has 6 rings (SSSR count). The molecule has 1 aromatic carbocycles. The van der Waals surface area contributed by atoms with Crippen LogP contribution in [0.4, 0.5) is 0 Å². The third-order valence-electron chi connectivity index (χ3n) is 7.21. The van der Waals surface area contributed by atoms with Gasteiger partial charge in [0.25, 0.3) is 0 Å². The minimum absolute atomic E-state index is 0.352. The Bertz CT molecular complexity index is 696. The Balaban J connectivity index is 1.44. The molecule has 0 spiro atoms. The van der Waals surface area contributed by atoms with E-state index in [9.17, 15) is 8.42 Å². The van der Waals surface area contributed by atoms with Gasteiger partial charge in [0.1, 0.15) is 0 Å². The van der Waals surface area contributed by atoms with Gasteiger partial charge in [-0.25, -0.2) is 8.42 Å². The predicted octanol–water partition coefficient (Wildman–Crippen LogP) is 3.94.